The lowest BCUT2D eigenvalue weighted by Gasteiger charge is -2.15. The van der Waals surface area contributed by atoms with Crippen LogP contribution in [0, 0.1) is 0 Å². The minimum atomic E-state index is -0.468. The van der Waals surface area contributed by atoms with Gasteiger partial charge < -0.3 is 19.5 Å². The van der Waals surface area contributed by atoms with Gasteiger partial charge in [-0.05, 0) is 36.5 Å². The van der Waals surface area contributed by atoms with E-state index in [0.29, 0.717) is 33.0 Å². The number of para-hydroxylation sites is 1. The molecule has 0 heterocycles. The zero-order chi connectivity index (χ0) is 19.3. The number of carbonyl (C=O) groups excluding carboxylic acids is 1. The van der Waals surface area contributed by atoms with Crippen LogP contribution in [0.5, 0.6) is 17.2 Å². The molecule has 0 radical (unpaired) electrons. The molecule has 138 valence electrons. The molecule has 2 aromatic carbocycles. The standard InChI is InChI=1S/C17H16Cl2N2O4S/c1-23-12-7-9(8-13(24-2)15(12)25-3)16(22)21-17(26)20-14-10(18)5-4-6-11(14)19/h4-8H,1-3H3,(H2,20,21,22,26). The molecule has 26 heavy (non-hydrogen) atoms. The van der Waals surface area contributed by atoms with Crippen LogP contribution in [0.1, 0.15) is 10.4 Å². The smallest absolute Gasteiger partial charge is 0.257 e. The Labute approximate surface area is 166 Å². The Morgan fingerprint density at radius 2 is 1.54 bits per heavy atom. The van der Waals surface area contributed by atoms with Crippen LogP contribution in [0.4, 0.5) is 5.69 Å². The molecule has 0 aliphatic carbocycles. The van der Waals surface area contributed by atoms with Crippen molar-refractivity contribution in [1.82, 2.24) is 5.32 Å². The number of amides is 1. The van der Waals surface area contributed by atoms with Gasteiger partial charge in [0.1, 0.15) is 0 Å². The van der Waals surface area contributed by atoms with Crippen molar-refractivity contribution in [2.45, 2.75) is 0 Å². The average molecular weight is 415 g/mol. The number of carbonyl (C=O) groups is 1. The van der Waals surface area contributed by atoms with Crippen LogP contribution in [0.15, 0.2) is 30.3 Å². The van der Waals surface area contributed by atoms with Crippen LogP contribution in [0.2, 0.25) is 10.0 Å². The van der Waals surface area contributed by atoms with Crippen molar-refractivity contribution in [3.05, 3.63) is 45.9 Å². The van der Waals surface area contributed by atoms with E-state index in [-0.39, 0.29) is 10.7 Å². The Morgan fingerprint density at radius 3 is 2.00 bits per heavy atom. The van der Waals surface area contributed by atoms with Gasteiger partial charge in [0.2, 0.25) is 5.75 Å². The Hall–Kier alpha value is -2.22. The summed E-state index contributed by atoms with van der Waals surface area (Å²) in [7, 11) is 4.40. The van der Waals surface area contributed by atoms with Crippen molar-refractivity contribution in [2.24, 2.45) is 0 Å². The number of rotatable bonds is 5. The fourth-order valence-electron chi connectivity index (χ4n) is 2.15. The number of ether oxygens (including phenoxy) is 3. The first-order chi connectivity index (χ1) is 12.4. The van der Waals surface area contributed by atoms with Crippen molar-refractivity contribution in [3.63, 3.8) is 0 Å². The third-order valence-electron chi connectivity index (χ3n) is 3.36. The summed E-state index contributed by atoms with van der Waals surface area (Å²) in [6.07, 6.45) is 0. The third-order valence-corrected chi connectivity index (χ3v) is 4.19. The lowest BCUT2D eigenvalue weighted by molar-refractivity contribution is 0.0977. The number of hydrogen-bond acceptors (Lipinski definition) is 5. The number of thiocarbonyl (C=S) groups is 1. The molecule has 0 saturated carbocycles. The van der Waals surface area contributed by atoms with Crippen molar-refractivity contribution in [1.29, 1.82) is 0 Å². The Balaban J connectivity index is 2.20. The number of nitrogens with one attached hydrogen (secondary N) is 2. The van der Waals surface area contributed by atoms with Crippen LogP contribution in [0.3, 0.4) is 0 Å². The van der Waals surface area contributed by atoms with Crippen LogP contribution < -0.4 is 24.8 Å². The number of hydrogen-bond donors (Lipinski definition) is 2. The van der Waals surface area contributed by atoms with Gasteiger partial charge in [-0.3, -0.25) is 10.1 Å². The molecule has 0 saturated heterocycles. The molecule has 0 fully saturated rings. The number of anilines is 1. The SMILES string of the molecule is COc1cc(C(=O)NC(=S)Nc2c(Cl)cccc2Cl)cc(OC)c1OC. The summed E-state index contributed by atoms with van der Waals surface area (Å²) in [5.74, 6) is 0.620. The number of benzene rings is 2. The average Bonchev–Trinajstić information content (AvgIpc) is 2.63. The molecular weight excluding hydrogens is 399 g/mol. The second-order valence-corrected chi connectivity index (χ2v) is 6.14. The van der Waals surface area contributed by atoms with E-state index in [9.17, 15) is 4.79 Å². The second kappa shape index (κ2) is 8.93. The molecule has 9 heteroatoms. The van der Waals surface area contributed by atoms with E-state index in [2.05, 4.69) is 10.6 Å². The van der Waals surface area contributed by atoms with Gasteiger partial charge in [-0.1, -0.05) is 29.3 Å². The minimum absolute atomic E-state index is 0.0405. The molecule has 0 spiro atoms. The molecule has 2 N–H and O–H groups in total. The van der Waals surface area contributed by atoms with Gasteiger partial charge in [-0.2, -0.15) is 0 Å². The zero-order valence-corrected chi connectivity index (χ0v) is 16.5. The quantitative estimate of drug-likeness (QED) is 0.716. The monoisotopic (exact) mass is 414 g/mol. The predicted octanol–water partition coefficient (Wildman–Crippen LogP) is 4.15. The fraction of sp³-hybridized carbons (Fsp3) is 0.176. The van der Waals surface area contributed by atoms with E-state index >= 15 is 0 Å². The highest BCUT2D eigenvalue weighted by Crippen LogP contribution is 2.38. The van der Waals surface area contributed by atoms with Crippen LogP contribution in [-0.4, -0.2) is 32.3 Å². The maximum atomic E-state index is 12.5. The summed E-state index contributed by atoms with van der Waals surface area (Å²) in [5.41, 5.74) is 0.680. The van der Waals surface area contributed by atoms with Gasteiger partial charge in [0.15, 0.2) is 16.6 Å². The largest absolute Gasteiger partial charge is 0.493 e. The molecule has 2 rings (SSSR count). The lowest BCUT2D eigenvalue weighted by Crippen LogP contribution is -2.34. The van der Waals surface area contributed by atoms with Gasteiger partial charge in [0.05, 0.1) is 37.1 Å². The van der Waals surface area contributed by atoms with E-state index in [0.717, 1.165) is 0 Å². The number of halogens is 2. The summed E-state index contributed by atoms with van der Waals surface area (Å²) >= 11 is 17.3. The molecule has 0 aliphatic heterocycles. The maximum Gasteiger partial charge on any atom is 0.257 e. The molecule has 0 aromatic heterocycles. The van der Waals surface area contributed by atoms with Crippen LogP contribution in [0.25, 0.3) is 0 Å². The zero-order valence-electron chi connectivity index (χ0n) is 14.2. The first-order valence-electron chi connectivity index (χ1n) is 7.27. The van der Waals surface area contributed by atoms with E-state index in [1.54, 1.807) is 18.2 Å². The summed E-state index contributed by atoms with van der Waals surface area (Å²) < 4.78 is 15.7. The highest BCUT2D eigenvalue weighted by atomic mass is 35.5. The predicted molar refractivity (Wildman–Crippen MR) is 106 cm³/mol. The van der Waals surface area contributed by atoms with E-state index < -0.39 is 5.91 Å². The number of methoxy groups -OCH3 is 3. The van der Waals surface area contributed by atoms with Gasteiger partial charge >= 0.3 is 0 Å². The summed E-state index contributed by atoms with van der Waals surface area (Å²) in [6.45, 7) is 0. The molecule has 0 unspecified atom stereocenters. The lowest BCUT2D eigenvalue weighted by atomic mass is 10.1. The highest BCUT2D eigenvalue weighted by Gasteiger charge is 2.18. The van der Waals surface area contributed by atoms with E-state index in [1.165, 1.54) is 33.5 Å². The first kappa shape index (κ1) is 20.1. The maximum absolute atomic E-state index is 12.5. The molecule has 6 nitrogen and oxygen atoms in total. The van der Waals surface area contributed by atoms with Gasteiger partial charge in [-0.25, -0.2) is 0 Å². The summed E-state index contributed by atoms with van der Waals surface area (Å²) in [6, 6.07) is 8.04. The summed E-state index contributed by atoms with van der Waals surface area (Å²) in [4.78, 5) is 12.5. The Bertz CT molecular complexity index is 800. The first-order valence-corrected chi connectivity index (χ1v) is 8.44. The van der Waals surface area contributed by atoms with Crippen LogP contribution in [-0.2, 0) is 0 Å². The van der Waals surface area contributed by atoms with Gasteiger partial charge in [0, 0.05) is 5.56 Å². The molecule has 1 amide bonds. The van der Waals surface area contributed by atoms with Gasteiger partial charge in [-0.15, -0.1) is 0 Å². The molecule has 0 bridgehead atoms. The minimum Gasteiger partial charge on any atom is -0.493 e. The van der Waals surface area contributed by atoms with Crippen LogP contribution >= 0.6 is 35.4 Å². The van der Waals surface area contributed by atoms with Gasteiger partial charge in [0.25, 0.3) is 5.91 Å². The fourth-order valence-corrected chi connectivity index (χ4v) is 2.84. The van der Waals surface area contributed by atoms with E-state index in [4.69, 9.17) is 49.6 Å². The molecule has 0 atom stereocenters. The van der Waals surface area contributed by atoms with Crippen molar-refractivity contribution in [2.75, 3.05) is 26.6 Å². The molecule has 0 aliphatic rings. The van der Waals surface area contributed by atoms with Crippen molar-refractivity contribution in [3.8, 4) is 17.2 Å². The van der Waals surface area contributed by atoms with Crippen molar-refractivity contribution < 1.29 is 19.0 Å². The van der Waals surface area contributed by atoms with E-state index in [1.807, 2.05) is 0 Å². The third kappa shape index (κ3) is 4.49. The highest BCUT2D eigenvalue weighted by molar-refractivity contribution is 7.80. The molecule has 2 aromatic rings. The molecular formula is C17H16Cl2N2O4S. The summed E-state index contributed by atoms with van der Waals surface area (Å²) in [5, 5.41) is 6.15. The Morgan fingerprint density at radius 1 is 1.00 bits per heavy atom. The normalized spacial score (nSPS) is 10.0. The van der Waals surface area contributed by atoms with Crippen molar-refractivity contribution >= 4 is 52.1 Å². The second-order valence-electron chi connectivity index (χ2n) is 4.92. The Kier molecular flexibility index (Phi) is 6.90. The topological polar surface area (TPSA) is 68.8 Å².